The van der Waals surface area contributed by atoms with E-state index in [1.54, 1.807) is 0 Å². The lowest BCUT2D eigenvalue weighted by molar-refractivity contribution is 0.464. The van der Waals surface area contributed by atoms with Crippen LogP contribution in [0.1, 0.15) is 55.5 Å². The second-order valence-corrected chi connectivity index (χ2v) is 5.97. The van der Waals surface area contributed by atoms with Gasteiger partial charge in [0.2, 0.25) is 0 Å². The Morgan fingerprint density at radius 2 is 2.05 bits per heavy atom. The molecule has 0 aliphatic heterocycles. The second kappa shape index (κ2) is 6.43. The molecule has 0 aromatic carbocycles. The standard InChI is InChI=1S/C16H25N5/c1-3-20-11-14(9-18-20)8-17-10-15-12-21(19-13(15)2)16-6-4-5-7-16/h9,11-12,16-17H,3-8,10H2,1-2H3. The van der Waals surface area contributed by atoms with Crippen LogP contribution in [0.3, 0.4) is 0 Å². The maximum atomic E-state index is 4.70. The summed E-state index contributed by atoms with van der Waals surface area (Å²) in [5.74, 6) is 0. The Hall–Kier alpha value is -1.62. The van der Waals surface area contributed by atoms with Crippen molar-refractivity contribution in [3.8, 4) is 0 Å². The zero-order chi connectivity index (χ0) is 14.7. The van der Waals surface area contributed by atoms with E-state index < -0.39 is 0 Å². The van der Waals surface area contributed by atoms with Gasteiger partial charge < -0.3 is 5.32 Å². The highest BCUT2D eigenvalue weighted by Crippen LogP contribution is 2.29. The maximum Gasteiger partial charge on any atom is 0.0638 e. The molecule has 0 radical (unpaired) electrons. The number of rotatable bonds is 6. The summed E-state index contributed by atoms with van der Waals surface area (Å²) in [6, 6.07) is 0.625. The minimum Gasteiger partial charge on any atom is -0.308 e. The van der Waals surface area contributed by atoms with Crippen LogP contribution in [0.25, 0.3) is 0 Å². The molecule has 2 aromatic rings. The highest BCUT2D eigenvalue weighted by Gasteiger charge is 2.18. The molecule has 0 saturated heterocycles. The van der Waals surface area contributed by atoms with E-state index in [1.807, 2.05) is 10.9 Å². The van der Waals surface area contributed by atoms with Gasteiger partial charge in [-0.05, 0) is 26.7 Å². The Kier molecular flexibility index (Phi) is 4.39. The summed E-state index contributed by atoms with van der Waals surface area (Å²) in [5, 5.41) is 12.5. The van der Waals surface area contributed by atoms with E-state index in [1.165, 1.54) is 36.8 Å². The zero-order valence-electron chi connectivity index (χ0n) is 13.0. The molecule has 1 N–H and O–H groups in total. The van der Waals surface area contributed by atoms with Gasteiger partial charge in [-0.1, -0.05) is 12.8 Å². The van der Waals surface area contributed by atoms with Crippen molar-refractivity contribution < 1.29 is 0 Å². The van der Waals surface area contributed by atoms with Crippen molar-refractivity contribution in [3.05, 3.63) is 35.4 Å². The lowest BCUT2D eigenvalue weighted by atomic mass is 10.2. The summed E-state index contributed by atoms with van der Waals surface area (Å²) < 4.78 is 4.15. The number of nitrogens with zero attached hydrogens (tertiary/aromatic N) is 4. The van der Waals surface area contributed by atoms with E-state index >= 15 is 0 Å². The Balaban J connectivity index is 1.55. The first-order chi connectivity index (χ1) is 10.3. The average Bonchev–Trinajstić information content (AvgIpc) is 3.20. The predicted molar refractivity (Wildman–Crippen MR) is 82.9 cm³/mol. The zero-order valence-corrected chi connectivity index (χ0v) is 13.0. The summed E-state index contributed by atoms with van der Waals surface area (Å²) in [6.45, 7) is 6.86. The smallest absolute Gasteiger partial charge is 0.0638 e. The van der Waals surface area contributed by atoms with Gasteiger partial charge >= 0.3 is 0 Å². The third-order valence-corrected chi connectivity index (χ3v) is 4.37. The Bertz CT molecular complexity index is 577. The largest absolute Gasteiger partial charge is 0.308 e. The summed E-state index contributed by atoms with van der Waals surface area (Å²) in [7, 11) is 0. The minimum atomic E-state index is 0.625. The van der Waals surface area contributed by atoms with Gasteiger partial charge in [0.15, 0.2) is 0 Å². The molecule has 0 amide bonds. The molecule has 2 aromatic heterocycles. The molecule has 1 aliphatic carbocycles. The fraction of sp³-hybridized carbons (Fsp3) is 0.625. The molecule has 21 heavy (non-hydrogen) atoms. The molecular weight excluding hydrogens is 262 g/mol. The number of aryl methyl sites for hydroxylation is 2. The summed E-state index contributed by atoms with van der Waals surface area (Å²) in [5.41, 5.74) is 3.70. The fourth-order valence-electron chi connectivity index (χ4n) is 3.06. The van der Waals surface area contributed by atoms with Crippen molar-refractivity contribution >= 4 is 0 Å². The normalized spacial score (nSPS) is 15.9. The molecule has 1 saturated carbocycles. The summed E-state index contributed by atoms with van der Waals surface area (Å²) in [6.07, 6.45) is 11.5. The van der Waals surface area contributed by atoms with Crippen molar-refractivity contribution in [2.24, 2.45) is 0 Å². The monoisotopic (exact) mass is 287 g/mol. The molecule has 0 bridgehead atoms. The van der Waals surface area contributed by atoms with Crippen molar-refractivity contribution in [3.63, 3.8) is 0 Å². The van der Waals surface area contributed by atoms with E-state index in [0.717, 1.165) is 25.3 Å². The van der Waals surface area contributed by atoms with Crippen molar-refractivity contribution in [1.29, 1.82) is 0 Å². The highest BCUT2D eigenvalue weighted by atomic mass is 15.3. The van der Waals surface area contributed by atoms with Crippen molar-refractivity contribution in [2.45, 2.75) is 65.2 Å². The molecule has 0 spiro atoms. The van der Waals surface area contributed by atoms with Crippen molar-refractivity contribution in [1.82, 2.24) is 24.9 Å². The molecule has 5 heteroatoms. The first-order valence-corrected chi connectivity index (χ1v) is 8.03. The van der Waals surface area contributed by atoms with Gasteiger partial charge in [-0.25, -0.2) is 0 Å². The first-order valence-electron chi connectivity index (χ1n) is 8.03. The summed E-state index contributed by atoms with van der Waals surface area (Å²) >= 11 is 0. The van der Waals surface area contributed by atoms with E-state index in [2.05, 4.69) is 41.3 Å². The van der Waals surface area contributed by atoms with E-state index in [-0.39, 0.29) is 0 Å². The molecule has 1 aliphatic rings. The van der Waals surface area contributed by atoms with Crippen LogP contribution in [-0.4, -0.2) is 19.6 Å². The van der Waals surface area contributed by atoms with Gasteiger partial charge in [0.1, 0.15) is 0 Å². The molecular formula is C16H25N5. The van der Waals surface area contributed by atoms with Crippen LogP contribution >= 0.6 is 0 Å². The highest BCUT2D eigenvalue weighted by molar-refractivity contribution is 5.16. The van der Waals surface area contributed by atoms with Gasteiger partial charge in [-0.2, -0.15) is 10.2 Å². The molecule has 0 atom stereocenters. The van der Waals surface area contributed by atoms with Gasteiger partial charge in [-0.3, -0.25) is 9.36 Å². The second-order valence-electron chi connectivity index (χ2n) is 5.97. The van der Waals surface area contributed by atoms with Crippen LogP contribution < -0.4 is 5.32 Å². The van der Waals surface area contributed by atoms with Crippen LogP contribution in [0.4, 0.5) is 0 Å². The average molecular weight is 287 g/mol. The van der Waals surface area contributed by atoms with Crippen LogP contribution in [0.5, 0.6) is 0 Å². The molecule has 2 heterocycles. The van der Waals surface area contributed by atoms with Crippen LogP contribution in [0.15, 0.2) is 18.6 Å². The van der Waals surface area contributed by atoms with E-state index in [4.69, 9.17) is 5.10 Å². The van der Waals surface area contributed by atoms with Gasteiger partial charge in [0.25, 0.3) is 0 Å². The van der Waals surface area contributed by atoms with Gasteiger partial charge in [0.05, 0.1) is 17.9 Å². The molecule has 114 valence electrons. The quantitative estimate of drug-likeness (QED) is 0.888. The van der Waals surface area contributed by atoms with E-state index in [9.17, 15) is 0 Å². The topological polar surface area (TPSA) is 47.7 Å². The predicted octanol–water partition coefficient (Wildman–Crippen LogP) is 2.81. The third-order valence-electron chi connectivity index (χ3n) is 4.37. The fourth-order valence-corrected chi connectivity index (χ4v) is 3.06. The number of aromatic nitrogens is 4. The lowest BCUT2D eigenvalue weighted by Crippen LogP contribution is -2.12. The first kappa shape index (κ1) is 14.3. The maximum absolute atomic E-state index is 4.70. The van der Waals surface area contributed by atoms with E-state index in [0.29, 0.717) is 6.04 Å². The molecule has 0 unspecified atom stereocenters. The van der Waals surface area contributed by atoms with Gasteiger partial charge in [0, 0.05) is 43.2 Å². The molecule has 3 rings (SSSR count). The molecule has 1 fully saturated rings. The number of hydrogen-bond donors (Lipinski definition) is 1. The summed E-state index contributed by atoms with van der Waals surface area (Å²) in [4.78, 5) is 0. The SMILES string of the molecule is CCn1cc(CNCc2cn(C3CCCC3)nc2C)cn1. The minimum absolute atomic E-state index is 0.625. The van der Waals surface area contributed by atoms with Crippen molar-refractivity contribution in [2.75, 3.05) is 0 Å². The van der Waals surface area contributed by atoms with Crippen LogP contribution in [-0.2, 0) is 19.6 Å². The third kappa shape index (κ3) is 3.35. The van der Waals surface area contributed by atoms with Crippen LogP contribution in [0, 0.1) is 6.92 Å². The number of hydrogen-bond acceptors (Lipinski definition) is 3. The van der Waals surface area contributed by atoms with Gasteiger partial charge in [-0.15, -0.1) is 0 Å². The number of nitrogens with one attached hydrogen (secondary N) is 1. The Morgan fingerprint density at radius 1 is 1.24 bits per heavy atom. The Morgan fingerprint density at radius 3 is 2.76 bits per heavy atom. The molecule has 5 nitrogen and oxygen atoms in total. The Labute approximate surface area is 126 Å². The van der Waals surface area contributed by atoms with Crippen LogP contribution in [0.2, 0.25) is 0 Å². The lowest BCUT2D eigenvalue weighted by Gasteiger charge is -2.08.